The lowest BCUT2D eigenvalue weighted by atomic mass is 10.2. The van der Waals surface area contributed by atoms with Crippen LogP contribution in [0.1, 0.15) is 10.4 Å². The number of benzene rings is 1. The van der Waals surface area contributed by atoms with Crippen LogP contribution in [-0.2, 0) is 0 Å². The fourth-order valence-electron chi connectivity index (χ4n) is 1.12. The van der Waals surface area contributed by atoms with Crippen molar-refractivity contribution in [2.24, 2.45) is 0 Å². The maximum Gasteiger partial charge on any atom is 0.252 e. The quantitative estimate of drug-likeness (QED) is 0.704. The van der Waals surface area contributed by atoms with Crippen LogP contribution in [0.2, 0.25) is 0 Å². The molecule has 0 aliphatic carbocycles. The summed E-state index contributed by atoms with van der Waals surface area (Å²) in [5.74, 6) is 0. The molecule has 0 saturated heterocycles. The molecule has 14 heavy (non-hydrogen) atoms. The van der Waals surface area contributed by atoms with E-state index < -0.39 is 5.24 Å². The molecule has 5 heteroatoms. The number of hydrogen-bond acceptors (Lipinski definition) is 3. The van der Waals surface area contributed by atoms with Crippen molar-refractivity contribution in [1.29, 1.82) is 0 Å². The number of nitrogens with zero attached hydrogens (tertiary/aromatic N) is 3. The van der Waals surface area contributed by atoms with Crippen LogP contribution in [0.5, 0.6) is 0 Å². The van der Waals surface area contributed by atoms with Gasteiger partial charge >= 0.3 is 0 Å². The van der Waals surface area contributed by atoms with Crippen molar-refractivity contribution in [3.05, 3.63) is 42.5 Å². The van der Waals surface area contributed by atoms with Crippen LogP contribution in [-0.4, -0.2) is 20.0 Å². The first-order valence-corrected chi connectivity index (χ1v) is 4.30. The number of aromatic nitrogens is 3. The van der Waals surface area contributed by atoms with E-state index in [1.54, 1.807) is 35.4 Å². The van der Waals surface area contributed by atoms with Gasteiger partial charge in [0.2, 0.25) is 0 Å². The molecule has 1 heterocycles. The van der Waals surface area contributed by atoms with Gasteiger partial charge in [0, 0.05) is 11.3 Å². The van der Waals surface area contributed by atoms with E-state index in [9.17, 15) is 4.79 Å². The van der Waals surface area contributed by atoms with Crippen molar-refractivity contribution in [3.8, 4) is 5.69 Å². The largest absolute Gasteiger partial charge is 0.288 e. The van der Waals surface area contributed by atoms with Gasteiger partial charge in [-0.3, -0.25) is 9.36 Å². The highest BCUT2D eigenvalue weighted by atomic mass is 35.5. The topological polar surface area (TPSA) is 47.8 Å². The first kappa shape index (κ1) is 8.90. The molecule has 0 unspecified atom stereocenters. The number of carbonyl (C=O) groups is 1. The first-order valence-electron chi connectivity index (χ1n) is 3.92. The Morgan fingerprint density at radius 3 is 2.64 bits per heavy atom. The summed E-state index contributed by atoms with van der Waals surface area (Å²) < 4.78 is 1.70. The number of hydrogen-bond donors (Lipinski definition) is 0. The highest BCUT2D eigenvalue weighted by Gasteiger charge is 2.03. The van der Waals surface area contributed by atoms with Crippen LogP contribution in [0.15, 0.2) is 36.9 Å². The fourth-order valence-corrected chi connectivity index (χ4v) is 1.24. The minimum atomic E-state index is -0.472. The van der Waals surface area contributed by atoms with Gasteiger partial charge in [-0.1, -0.05) is 6.07 Å². The summed E-state index contributed by atoms with van der Waals surface area (Å²) in [5.41, 5.74) is 1.26. The number of carbonyl (C=O) groups excluding carboxylic acids is 1. The Morgan fingerprint density at radius 2 is 2.00 bits per heavy atom. The third-order valence-electron chi connectivity index (χ3n) is 1.79. The molecule has 0 N–H and O–H groups in total. The zero-order valence-corrected chi connectivity index (χ0v) is 7.85. The molecular formula is C9H6ClN3O. The number of halogens is 1. The van der Waals surface area contributed by atoms with Gasteiger partial charge in [0.25, 0.3) is 5.24 Å². The Bertz CT molecular complexity index is 453. The van der Waals surface area contributed by atoms with E-state index in [0.717, 1.165) is 5.69 Å². The van der Waals surface area contributed by atoms with E-state index in [2.05, 4.69) is 10.2 Å². The van der Waals surface area contributed by atoms with Gasteiger partial charge in [0.1, 0.15) is 12.7 Å². The van der Waals surface area contributed by atoms with Gasteiger partial charge in [0.05, 0.1) is 0 Å². The van der Waals surface area contributed by atoms with Gasteiger partial charge in [-0.05, 0) is 29.8 Å². The lowest BCUT2D eigenvalue weighted by Gasteiger charge is -2.01. The summed E-state index contributed by atoms with van der Waals surface area (Å²) in [4.78, 5) is 10.9. The van der Waals surface area contributed by atoms with Gasteiger partial charge in [-0.25, -0.2) is 0 Å². The molecule has 0 fully saturated rings. The van der Waals surface area contributed by atoms with Crippen LogP contribution in [0.3, 0.4) is 0 Å². The molecule has 70 valence electrons. The smallest absolute Gasteiger partial charge is 0.252 e. The van der Waals surface area contributed by atoms with E-state index in [0.29, 0.717) is 5.56 Å². The van der Waals surface area contributed by atoms with E-state index in [4.69, 9.17) is 11.6 Å². The Hall–Kier alpha value is -1.68. The standard InChI is InChI=1S/C9H6ClN3O/c10-9(14)7-2-1-3-8(4-7)13-5-11-12-6-13/h1-6H. The molecular weight excluding hydrogens is 202 g/mol. The summed E-state index contributed by atoms with van der Waals surface area (Å²) in [6.45, 7) is 0. The molecule has 0 bridgehead atoms. The molecule has 0 atom stereocenters. The normalized spacial score (nSPS) is 10.1. The molecule has 0 aliphatic heterocycles. The highest BCUT2D eigenvalue weighted by Crippen LogP contribution is 2.11. The third-order valence-corrected chi connectivity index (χ3v) is 2.01. The summed E-state index contributed by atoms with van der Waals surface area (Å²) in [7, 11) is 0. The molecule has 0 amide bonds. The van der Waals surface area contributed by atoms with Gasteiger partial charge in [-0.2, -0.15) is 0 Å². The molecule has 4 nitrogen and oxygen atoms in total. The predicted molar refractivity (Wildman–Crippen MR) is 51.5 cm³/mol. The van der Waals surface area contributed by atoms with Crippen molar-refractivity contribution in [1.82, 2.24) is 14.8 Å². The summed E-state index contributed by atoms with van der Waals surface area (Å²) in [6.07, 6.45) is 3.11. The molecule has 0 saturated carbocycles. The fraction of sp³-hybridized carbons (Fsp3) is 0. The summed E-state index contributed by atoms with van der Waals surface area (Å²) in [5, 5.41) is 6.86. The minimum absolute atomic E-state index is 0.456. The lowest BCUT2D eigenvalue weighted by molar-refractivity contribution is 0.108. The maximum absolute atomic E-state index is 10.9. The second-order valence-electron chi connectivity index (χ2n) is 2.69. The van der Waals surface area contributed by atoms with Crippen molar-refractivity contribution in [2.75, 3.05) is 0 Å². The Morgan fingerprint density at radius 1 is 1.29 bits per heavy atom. The molecule has 1 aromatic heterocycles. The van der Waals surface area contributed by atoms with E-state index in [1.807, 2.05) is 6.07 Å². The van der Waals surface area contributed by atoms with Gasteiger partial charge in [0.15, 0.2) is 0 Å². The molecule has 2 aromatic rings. The third kappa shape index (κ3) is 1.65. The Kier molecular flexibility index (Phi) is 2.28. The van der Waals surface area contributed by atoms with Gasteiger partial charge < -0.3 is 0 Å². The maximum atomic E-state index is 10.9. The average molecular weight is 208 g/mol. The summed E-state index contributed by atoms with van der Waals surface area (Å²) >= 11 is 5.36. The SMILES string of the molecule is O=C(Cl)c1cccc(-n2cnnc2)c1. The van der Waals surface area contributed by atoms with Crippen molar-refractivity contribution < 1.29 is 4.79 Å². The molecule has 0 radical (unpaired) electrons. The van der Waals surface area contributed by atoms with E-state index in [1.165, 1.54) is 0 Å². The molecule has 2 rings (SSSR count). The molecule has 0 aliphatic rings. The monoisotopic (exact) mass is 207 g/mol. The zero-order valence-electron chi connectivity index (χ0n) is 7.09. The van der Waals surface area contributed by atoms with E-state index in [-0.39, 0.29) is 0 Å². The van der Waals surface area contributed by atoms with Crippen LogP contribution >= 0.6 is 11.6 Å². The van der Waals surface area contributed by atoms with Crippen LogP contribution in [0.25, 0.3) is 5.69 Å². The van der Waals surface area contributed by atoms with Crippen LogP contribution in [0.4, 0.5) is 0 Å². The van der Waals surface area contributed by atoms with E-state index >= 15 is 0 Å². The highest BCUT2D eigenvalue weighted by molar-refractivity contribution is 6.67. The van der Waals surface area contributed by atoms with Crippen molar-refractivity contribution in [2.45, 2.75) is 0 Å². The van der Waals surface area contributed by atoms with Crippen LogP contribution < -0.4 is 0 Å². The van der Waals surface area contributed by atoms with Crippen molar-refractivity contribution in [3.63, 3.8) is 0 Å². The molecule has 0 spiro atoms. The predicted octanol–water partition coefficient (Wildman–Crippen LogP) is 1.65. The summed E-state index contributed by atoms with van der Waals surface area (Å²) in [6, 6.07) is 6.93. The minimum Gasteiger partial charge on any atom is -0.288 e. The first-order chi connectivity index (χ1) is 6.77. The Labute approximate surface area is 85.1 Å². The second kappa shape index (κ2) is 3.59. The van der Waals surface area contributed by atoms with Gasteiger partial charge in [-0.15, -0.1) is 10.2 Å². The lowest BCUT2D eigenvalue weighted by Crippen LogP contribution is -1.94. The van der Waals surface area contributed by atoms with Crippen LogP contribution in [0, 0.1) is 0 Å². The zero-order chi connectivity index (χ0) is 9.97. The van der Waals surface area contributed by atoms with Crippen molar-refractivity contribution >= 4 is 16.8 Å². The second-order valence-corrected chi connectivity index (χ2v) is 3.04. The number of rotatable bonds is 2. The Balaban J connectivity index is 2.46. The molecule has 1 aromatic carbocycles. The average Bonchev–Trinajstić information content (AvgIpc) is 2.71.